The monoisotopic (exact) mass is 269 g/mol. The third-order valence-corrected chi connectivity index (χ3v) is 4.20. The van der Waals surface area contributed by atoms with Gasteiger partial charge in [0.05, 0.1) is 28.5 Å². The number of hydrogen-bond acceptors (Lipinski definition) is 4. The molecule has 1 aliphatic rings. The van der Waals surface area contributed by atoms with Crippen molar-refractivity contribution in [2.75, 3.05) is 0 Å². The van der Waals surface area contributed by atoms with Gasteiger partial charge in [-0.05, 0) is 33.8 Å². The largest absolute Gasteiger partial charge is 0.497 e. The van der Waals surface area contributed by atoms with Crippen LogP contribution in [-0.4, -0.2) is 27.9 Å². The summed E-state index contributed by atoms with van der Waals surface area (Å²) in [5, 5.41) is 13.4. The molecule has 2 aromatic rings. The molecule has 1 saturated heterocycles. The van der Waals surface area contributed by atoms with Crippen LogP contribution < -0.4 is 5.46 Å². The Hall–Kier alpha value is -1.84. The van der Waals surface area contributed by atoms with Crippen LogP contribution in [0.25, 0.3) is 5.52 Å². The summed E-state index contributed by atoms with van der Waals surface area (Å²) in [6.07, 6.45) is 3.37. The fourth-order valence-electron chi connectivity index (χ4n) is 2.31. The first-order valence-corrected chi connectivity index (χ1v) is 6.58. The van der Waals surface area contributed by atoms with E-state index >= 15 is 0 Å². The maximum Gasteiger partial charge on any atom is 0.497 e. The van der Waals surface area contributed by atoms with Crippen LogP contribution in [0.3, 0.4) is 0 Å². The van der Waals surface area contributed by atoms with E-state index in [1.54, 1.807) is 10.7 Å². The molecule has 0 amide bonds. The summed E-state index contributed by atoms with van der Waals surface area (Å²) in [6, 6.07) is 5.95. The van der Waals surface area contributed by atoms with Crippen molar-refractivity contribution in [2.45, 2.75) is 38.9 Å². The Morgan fingerprint density at radius 3 is 2.50 bits per heavy atom. The third-order valence-electron chi connectivity index (χ3n) is 4.20. The van der Waals surface area contributed by atoms with Gasteiger partial charge < -0.3 is 9.31 Å². The van der Waals surface area contributed by atoms with Crippen LogP contribution in [-0.2, 0) is 9.31 Å². The Labute approximate surface area is 118 Å². The zero-order chi connectivity index (χ0) is 14.5. The normalized spacial score (nSPS) is 20.2. The van der Waals surface area contributed by atoms with E-state index in [1.165, 1.54) is 0 Å². The number of fused-ring (bicyclic) bond motifs is 1. The van der Waals surface area contributed by atoms with Gasteiger partial charge in [0.2, 0.25) is 0 Å². The topological polar surface area (TPSA) is 59.5 Å². The highest BCUT2D eigenvalue weighted by molar-refractivity contribution is 6.64. The summed E-state index contributed by atoms with van der Waals surface area (Å²) in [5.74, 6) is 0. The lowest BCUT2D eigenvalue weighted by Gasteiger charge is -2.32. The van der Waals surface area contributed by atoms with Crippen molar-refractivity contribution in [1.29, 1.82) is 5.26 Å². The van der Waals surface area contributed by atoms with E-state index in [9.17, 15) is 5.26 Å². The molecule has 0 bridgehead atoms. The van der Waals surface area contributed by atoms with Crippen LogP contribution in [0.1, 0.15) is 33.3 Å². The highest BCUT2D eigenvalue weighted by Crippen LogP contribution is 2.36. The fraction of sp³-hybridized carbons (Fsp3) is 0.429. The van der Waals surface area contributed by atoms with Gasteiger partial charge in [-0.15, -0.1) is 0 Å². The molecule has 20 heavy (non-hydrogen) atoms. The molecule has 1 fully saturated rings. The van der Waals surface area contributed by atoms with Gasteiger partial charge in [0.1, 0.15) is 6.07 Å². The van der Waals surface area contributed by atoms with Crippen molar-refractivity contribution >= 4 is 18.1 Å². The summed E-state index contributed by atoms with van der Waals surface area (Å²) in [7, 11) is -0.493. The van der Waals surface area contributed by atoms with Crippen molar-refractivity contribution in [1.82, 2.24) is 9.61 Å². The second kappa shape index (κ2) is 4.08. The van der Waals surface area contributed by atoms with Crippen molar-refractivity contribution in [3.05, 3.63) is 30.1 Å². The molecule has 0 radical (unpaired) electrons. The number of hydrogen-bond donors (Lipinski definition) is 0. The van der Waals surface area contributed by atoms with Crippen molar-refractivity contribution in [3.8, 4) is 6.07 Å². The van der Waals surface area contributed by atoms with E-state index in [1.807, 2.05) is 46.0 Å². The average Bonchev–Trinajstić information content (AvgIpc) is 2.88. The summed E-state index contributed by atoms with van der Waals surface area (Å²) in [6.45, 7) is 8.03. The third kappa shape index (κ3) is 1.74. The molecule has 0 spiro atoms. The molecule has 0 saturated carbocycles. The molecule has 0 atom stereocenters. The average molecular weight is 269 g/mol. The molecule has 1 aliphatic heterocycles. The molecule has 0 unspecified atom stereocenters. The van der Waals surface area contributed by atoms with Gasteiger partial charge in [0.25, 0.3) is 0 Å². The smallest absolute Gasteiger partial charge is 0.399 e. The van der Waals surface area contributed by atoms with E-state index in [4.69, 9.17) is 9.31 Å². The van der Waals surface area contributed by atoms with Crippen LogP contribution in [0.2, 0.25) is 0 Å². The van der Waals surface area contributed by atoms with Crippen LogP contribution in [0.4, 0.5) is 0 Å². The number of rotatable bonds is 1. The summed E-state index contributed by atoms with van der Waals surface area (Å²) in [5.41, 5.74) is 1.29. The Morgan fingerprint density at radius 2 is 1.90 bits per heavy atom. The lowest BCUT2D eigenvalue weighted by atomic mass is 9.78. The first kappa shape index (κ1) is 13.2. The van der Waals surface area contributed by atoms with Gasteiger partial charge in [-0.3, -0.25) is 0 Å². The van der Waals surface area contributed by atoms with E-state index in [0.717, 1.165) is 11.0 Å². The molecule has 0 aliphatic carbocycles. The van der Waals surface area contributed by atoms with E-state index in [-0.39, 0.29) is 0 Å². The van der Waals surface area contributed by atoms with Gasteiger partial charge in [-0.25, -0.2) is 4.52 Å². The standard InChI is InChI=1S/C14H16BN3O2/c1-13(2)14(3,4)20-15(19-13)11-6-5-7-18-12(11)10(8-16)9-17-18/h5-7,9H,1-4H3. The van der Waals surface area contributed by atoms with Crippen LogP contribution in [0.15, 0.2) is 24.5 Å². The van der Waals surface area contributed by atoms with Crippen molar-refractivity contribution in [3.63, 3.8) is 0 Å². The molecular formula is C14H16BN3O2. The van der Waals surface area contributed by atoms with Crippen LogP contribution in [0.5, 0.6) is 0 Å². The molecule has 3 heterocycles. The van der Waals surface area contributed by atoms with Gasteiger partial charge >= 0.3 is 7.12 Å². The maximum absolute atomic E-state index is 9.21. The lowest BCUT2D eigenvalue weighted by Crippen LogP contribution is -2.41. The first-order chi connectivity index (χ1) is 9.36. The zero-order valence-electron chi connectivity index (χ0n) is 12.0. The quantitative estimate of drug-likeness (QED) is 0.736. The number of nitrogens with zero attached hydrogens (tertiary/aromatic N) is 3. The van der Waals surface area contributed by atoms with Gasteiger partial charge in [0.15, 0.2) is 0 Å². The first-order valence-electron chi connectivity index (χ1n) is 6.58. The lowest BCUT2D eigenvalue weighted by molar-refractivity contribution is 0.00578. The molecule has 0 aromatic carbocycles. The molecule has 6 heteroatoms. The molecule has 102 valence electrons. The Bertz CT molecular complexity index is 699. The highest BCUT2D eigenvalue weighted by Gasteiger charge is 2.52. The maximum atomic E-state index is 9.21. The number of nitriles is 1. The molecular weight excluding hydrogens is 253 g/mol. The fourth-order valence-corrected chi connectivity index (χ4v) is 2.31. The summed E-state index contributed by atoms with van der Waals surface area (Å²) in [4.78, 5) is 0. The predicted molar refractivity (Wildman–Crippen MR) is 75.6 cm³/mol. The van der Waals surface area contributed by atoms with Crippen LogP contribution in [0, 0.1) is 11.3 Å². The molecule has 0 N–H and O–H groups in total. The van der Waals surface area contributed by atoms with Crippen molar-refractivity contribution in [2.24, 2.45) is 0 Å². The SMILES string of the molecule is CC1(C)OB(c2cccn3ncc(C#N)c23)OC1(C)C. The summed E-state index contributed by atoms with van der Waals surface area (Å²) >= 11 is 0. The van der Waals surface area contributed by atoms with Gasteiger partial charge in [-0.2, -0.15) is 10.4 Å². The zero-order valence-corrected chi connectivity index (χ0v) is 12.0. The van der Waals surface area contributed by atoms with E-state index in [0.29, 0.717) is 5.56 Å². The Morgan fingerprint density at radius 1 is 1.25 bits per heavy atom. The van der Waals surface area contributed by atoms with Gasteiger partial charge in [-0.1, -0.05) is 6.07 Å². The predicted octanol–water partition coefficient (Wildman–Crippen LogP) is 1.51. The van der Waals surface area contributed by atoms with Crippen LogP contribution >= 0.6 is 0 Å². The molecule has 3 rings (SSSR count). The van der Waals surface area contributed by atoms with Crippen molar-refractivity contribution < 1.29 is 9.31 Å². The number of aromatic nitrogens is 2. The molecule has 2 aromatic heterocycles. The molecule has 5 nitrogen and oxygen atoms in total. The van der Waals surface area contributed by atoms with E-state index in [2.05, 4.69) is 11.2 Å². The van der Waals surface area contributed by atoms with E-state index < -0.39 is 18.3 Å². The minimum Gasteiger partial charge on any atom is -0.399 e. The minimum absolute atomic E-state index is 0.405. The highest BCUT2D eigenvalue weighted by atomic mass is 16.7. The Kier molecular flexibility index (Phi) is 2.68. The Balaban J connectivity index is 2.13. The second-order valence-electron chi connectivity index (χ2n) is 6.02. The van der Waals surface area contributed by atoms with Gasteiger partial charge in [0, 0.05) is 11.7 Å². The second-order valence-corrected chi connectivity index (χ2v) is 6.02. The minimum atomic E-state index is -0.493. The number of pyridine rings is 1. The summed E-state index contributed by atoms with van der Waals surface area (Å²) < 4.78 is 13.8.